The van der Waals surface area contributed by atoms with Crippen LogP contribution < -0.4 is 10.9 Å². The Kier molecular flexibility index (Phi) is 4.12. The minimum atomic E-state index is 0.000767. The van der Waals surface area contributed by atoms with E-state index in [2.05, 4.69) is 38.3 Å². The lowest BCUT2D eigenvalue weighted by Gasteiger charge is -2.25. The SMILES string of the molecule is CN1CCC(Nc2c(Br)cnn(CC3CCC3)c2=O)C1. The molecule has 1 atom stereocenters. The Hall–Kier alpha value is -0.880. The molecule has 6 heteroatoms. The highest BCUT2D eigenvalue weighted by molar-refractivity contribution is 9.10. The van der Waals surface area contributed by atoms with Gasteiger partial charge in [0.25, 0.3) is 5.56 Å². The number of likely N-dealkylation sites (N-methyl/N-ethyl adjacent to an activating group) is 1. The molecule has 0 spiro atoms. The third kappa shape index (κ3) is 2.91. The molecule has 2 fully saturated rings. The molecule has 1 aliphatic heterocycles. The maximum Gasteiger partial charge on any atom is 0.291 e. The van der Waals surface area contributed by atoms with Crippen molar-refractivity contribution in [2.24, 2.45) is 5.92 Å². The first kappa shape index (κ1) is 14.1. The summed E-state index contributed by atoms with van der Waals surface area (Å²) >= 11 is 3.45. The molecule has 5 nitrogen and oxygen atoms in total. The van der Waals surface area contributed by atoms with E-state index in [9.17, 15) is 4.79 Å². The molecule has 0 bridgehead atoms. The van der Waals surface area contributed by atoms with Crippen molar-refractivity contribution in [2.45, 2.75) is 38.3 Å². The van der Waals surface area contributed by atoms with Gasteiger partial charge in [-0.2, -0.15) is 5.10 Å². The molecule has 3 rings (SSSR count). The molecule has 1 N–H and O–H groups in total. The average molecular weight is 341 g/mol. The summed E-state index contributed by atoms with van der Waals surface area (Å²) < 4.78 is 2.39. The van der Waals surface area contributed by atoms with Crippen LogP contribution in [0.15, 0.2) is 15.5 Å². The van der Waals surface area contributed by atoms with Crippen molar-refractivity contribution < 1.29 is 0 Å². The zero-order valence-corrected chi connectivity index (χ0v) is 13.4. The first-order valence-electron chi connectivity index (χ1n) is 7.34. The van der Waals surface area contributed by atoms with Crippen molar-refractivity contribution in [2.75, 3.05) is 25.5 Å². The van der Waals surface area contributed by atoms with Gasteiger partial charge in [0, 0.05) is 19.1 Å². The number of hydrogen-bond acceptors (Lipinski definition) is 4. The third-order valence-corrected chi connectivity index (χ3v) is 4.99. The van der Waals surface area contributed by atoms with E-state index in [-0.39, 0.29) is 5.56 Å². The number of hydrogen-bond donors (Lipinski definition) is 1. The van der Waals surface area contributed by atoms with Gasteiger partial charge in [0.15, 0.2) is 0 Å². The van der Waals surface area contributed by atoms with Crippen LogP contribution in [0.5, 0.6) is 0 Å². The van der Waals surface area contributed by atoms with Gasteiger partial charge >= 0.3 is 0 Å². The molecule has 1 saturated heterocycles. The van der Waals surface area contributed by atoms with Crippen LogP contribution in [0.4, 0.5) is 5.69 Å². The summed E-state index contributed by atoms with van der Waals surface area (Å²) in [6.45, 7) is 2.82. The number of nitrogens with zero attached hydrogens (tertiary/aromatic N) is 3. The number of rotatable bonds is 4. The number of nitrogens with one attached hydrogen (secondary N) is 1. The maximum atomic E-state index is 12.5. The molecule has 0 amide bonds. The molecule has 0 radical (unpaired) electrons. The Bertz CT molecular complexity index is 540. The third-order valence-electron chi connectivity index (χ3n) is 4.39. The van der Waals surface area contributed by atoms with Gasteiger partial charge in [0.05, 0.1) is 10.7 Å². The lowest BCUT2D eigenvalue weighted by molar-refractivity contribution is 0.262. The first-order valence-corrected chi connectivity index (χ1v) is 8.13. The van der Waals surface area contributed by atoms with Gasteiger partial charge in [-0.3, -0.25) is 4.79 Å². The lowest BCUT2D eigenvalue weighted by atomic mass is 9.85. The van der Waals surface area contributed by atoms with Crippen molar-refractivity contribution in [1.82, 2.24) is 14.7 Å². The fourth-order valence-corrected chi connectivity index (χ4v) is 3.28. The summed E-state index contributed by atoms with van der Waals surface area (Å²) in [4.78, 5) is 14.8. The van der Waals surface area contributed by atoms with E-state index >= 15 is 0 Å². The Balaban J connectivity index is 1.77. The Morgan fingerprint density at radius 2 is 2.25 bits per heavy atom. The molecule has 1 aromatic rings. The predicted octanol–water partition coefficient (Wildman–Crippen LogP) is 1.92. The molecular formula is C14H21BrN4O. The number of halogens is 1. The minimum Gasteiger partial charge on any atom is -0.375 e. The van der Waals surface area contributed by atoms with Gasteiger partial charge in [0.1, 0.15) is 5.69 Å². The Morgan fingerprint density at radius 1 is 1.45 bits per heavy atom. The molecule has 1 unspecified atom stereocenters. The van der Waals surface area contributed by atoms with Crippen LogP contribution >= 0.6 is 15.9 Å². The van der Waals surface area contributed by atoms with Crippen LogP contribution in [0, 0.1) is 5.92 Å². The van der Waals surface area contributed by atoms with Crippen LogP contribution in [0.25, 0.3) is 0 Å². The van der Waals surface area contributed by atoms with E-state index in [4.69, 9.17) is 0 Å². The molecule has 2 aliphatic rings. The first-order chi connectivity index (χ1) is 9.63. The molecule has 2 heterocycles. The van der Waals surface area contributed by atoms with Crippen LogP contribution in [0.3, 0.4) is 0 Å². The van der Waals surface area contributed by atoms with Gasteiger partial charge in [0.2, 0.25) is 0 Å². The summed E-state index contributed by atoms with van der Waals surface area (Å²) in [5.74, 6) is 0.631. The highest BCUT2D eigenvalue weighted by Gasteiger charge is 2.23. The van der Waals surface area contributed by atoms with E-state index in [1.165, 1.54) is 19.3 Å². The summed E-state index contributed by atoms with van der Waals surface area (Å²) in [5.41, 5.74) is 0.667. The zero-order chi connectivity index (χ0) is 14.1. The van der Waals surface area contributed by atoms with Crippen molar-refractivity contribution in [3.63, 3.8) is 0 Å². The van der Waals surface area contributed by atoms with E-state index in [1.807, 2.05) is 0 Å². The highest BCUT2D eigenvalue weighted by Crippen LogP contribution is 2.27. The Morgan fingerprint density at radius 3 is 2.85 bits per heavy atom. The van der Waals surface area contributed by atoms with Crippen LogP contribution in [0.2, 0.25) is 0 Å². The van der Waals surface area contributed by atoms with Gasteiger partial charge < -0.3 is 10.2 Å². The molecule has 1 aliphatic carbocycles. The molecular weight excluding hydrogens is 320 g/mol. The molecule has 110 valence electrons. The van der Waals surface area contributed by atoms with Crippen LogP contribution in [-0.4, -0.2) is 40.9 Å². The van der Waals surface area contributed by atoms with Gasteiger partial charge in [-0.15, -0.1) is 0 Å². The Labute approximate surface area is 127 Å². The largest absolute Gasteiger partial charge is 0.375 e. The van der Waals surface area contributed by atoms with Gasteiger partial charge in [-0.25, -0.2) is 4.68 Å². The van der Waals surface area contributed by atoms with E-state index in [0.29, 0.717) is 17.6 Å². The van der Waals surface area contributed by atoms with Crippen LogP contribution in [0.1, 0.15) is 25.7 Å². The van der Waals surface area contributed by atoms with Crippen molar-refractivity contribution in [3.8, 4) is 0 Å². The van der Waals surface area contributed by atoms with E-state index in [0.717, 1.165) is 30.5 Å². The smallest absolute Gasteiger partial charge is 0.291 e. The molecule has 1 saturated carbocycles. The number of anilines is 1. The zero-order valence-electron chi connectivity index (χ0n) is 11.8. The topological polar surface area (TPSA) is 50.2 Å². The second kappa shape index (κ2) is 5.85. The van der Waals surface area contributed by atoms with E-state index in [1.54, 1.807) is 10.9 Å². The van der Waals surface area contributed by atoms with Crippen molar-refractivity contribution >= 4 is 21.6 Å². The molecule has 1 aromatic heterocycles. The second-order valence-electron chi connectivity index (χ2n) is 6.04. The van der Waals surface area contributed by atoms with Gasteiger partial charge in [-0.1, -0.05) is 6.42 Å². The minimum absolute atomic E-state index is 0.000767. The van der Waals surface area contributed by atoms with Crippen LogP contribution in [-0.2, 0) is 6.54 Å². The quantitative estimate of drug-likeness (QED) is 0.909. The lowest BCUT2D eigenvalue weighted by Crippen LogP contribution is -2.33. The molecule has 0 aromatic carbocycles. The van der Waals surface area contributed by atoms with Crippen molar-refractivity contribution in [1.29, 1.82) is 0 Å². The predicted molar refractivity (Wildman–Crippen MR) is 83.1 cm³/mol. The summed E-state index contributed by atoms with van der Waals surface area (Å²) in [7, 11) is 2.11. The summed E-state index contributed by atoms with van der Waals surface area (Å²) in [6.07, 6.45) is 6.55. The fourth-order valence-electron chi connectivity index (χ4n) is 2.91. The van der Waals surface area contributed by atoms with Gasteiger partial charge in [-0.05, 0) is 54.7 Å². The normalized spacial score (nSPS) is 23.8. The fraction of sp³-hybridized carbons (Fsp3) is 0.714. The standard InChI is InChI=1S/C14H21BrN4O/c1-18-6-5-11(9-18)17-13-12(15)7-16-19(14(13)20)8-10-3-2-4-10/h7,10-11,17H,2-6,8-9H2,1H3. The summed E-state index contributed by atoms with van der Waals surface area (Å²) in [6, 6.07) is 0.351. The monoisotopic (exact) mass is 340 g/mol. The second-order valence-corrected chi connectivity index (χ2v) is 6.90. The maximum absolute atomic E-state index is 12.5. The number of likely N-dealkylation sites (tertiary alicyclic amines) is 1. The van der Waals surface area contributed by atoms with E-state index < -0.39 is 0 Å². The summed E-state index contributed by atoms with van der Waals surface area (Å²) in [5, 5.41) is 7.65. The highest BCUT2D eigenvalue weighted by atomic mass is 79.9. The number of aromatic nitrogens is 2. The van der Waals surface area contributed by atoms with Crippen molar-refractivity contribution in [3.05, 3.63) is 21.0 Å². The molecule has 20 heavy (non-hydrogen) atoms. The average Bonchev–Trinajstić information content (AvgIpc) is 2.77.